The van der Waals surface area contributed by atoms with Crippen molar-refractivity contribution in [3.05, 3.63) is 41.5 Å². The molecule has 0 radical (unpaired) electrons. The molecule has 1 atom stereocenters. The highest BCUT2D eigenvalue weighted by molar-refractivity contribution is 7.99. The zero-order valence-corrected chi connectivity index (χ0v) is 11.3. The van der Waals surface area contributed by atoms with Gasteiger partial charge in [0.15, 0.2) is 0 Å². The molecular formula is C13H15FN2OS. The van der Waals surface area contributed by atoms with Gasteiger partial charge in [-0.1, -0.05) is 6.07 Å². The maximum absolute atomic E-state index is 13.9. The predicted molar refractivity (Wildman–Crippen MR) is 69.2 cm³/mol. The Hall–Kier alpha value is -1.33. The summed E-state index contributed by atoms with van der Waals surface area (Å²) in [6.45, 7) is 3.82. The Morgan fingerprint density at radius 1 is 1.44 bits per heavy atom. The highest BCUT2D eigenvalue weighted by Gasteiger charge is 2.11. The van der Waals surface area contributed by atoms with E-state index in [9.17, 15) is 4.39 Å². The third kappa shape index (κ3) is 2.91. The van der Waals surface area contributed by atoms with Crippen molar-refractivity contribution >= 4 is 11.8 Å². The van der Waals surface area contributed by atoms with Crippen LogP contribution >= 0.6 is 11.8 Å². The summed E-state index contributed by atoms with van der Waals surface area (Å²) in [5, 5.41) is 3.54. The number of nitrogens with zero attached hydrogens (tertiary/aromatic N) is 1. The van der Waals surface area contributed by atoms with Crippen LogP contribution in [-0.4, -0.2) is 12.0 Å². The lowest BCUT2D eigenvalue weighted by Gasteiger charge is -2.11. The molecule has 96 valence electrons. The van der Waals surface area contributed by atoms with E-state index in [0.29, 0.717) is 10.1 Å². The lowest BCUT2D eigenvalue weighted by Crippen LogP contribution is -2.12. The van der Waals surface area contributed by atoms with Gasteiger partial charge >= 0.3 is 0 Å². The maximum Gasteiger partial charge on any atom is 0.260 e. The molecule has 2 aromatic rings. The number of hydrogen-bond donors (Lipinski definition) is 1. The zero-order chi connectivity index (χ0) is 13.1. The Kier molecular flexibility index (Phi) is 4.04. The molecule has 0 saturated heterocycles. The van der Waals surface area contributed by atoms with Gasteiger partial charge in [0.25, 0.3) is 5.22 Å². The number of benzene rings is 1. The van der Waals surface area contributed by atoms with E-state index in [-0.39, 0.29) is 11.9 Å². The van der Waals surface area contributed by atoms with Crippen LogP contribution in [0.25, 0.3) is 0 Å². The van der Waals surface area contributed by atoms with Crippen molar-refractivity contribution in [2.75, 3.05) is 7.05 Å². The highest BCUT2D eigenvalue weighted by atomic mass is 32.2. The predicted octanol–water partition coefficient (Wildman–Crippen LogP) is 3.55. The molecule has 0 aliphatic heterocycles. The summed E-state index contributed by atoms with van der Waals surface area (Å²) in [6, 6.07) is 5.33. The van der Waals surface area contributed by atoms with Crippen molar-refractivity contribution in [1.29, 1.82) is 0 Å². The van der Waals surface area contributed by atoms with Crippen LogP contribution in [0.2, 0.25) is 0 Å². The monoisotopic (exact) mass is 266 g/mol. The van der Waals surface area contributed by atoms with Crippen molar-refractivity contribution in [1.82, 2.24) is 10.3 Å². The van der Waals surface area contributed by atoms with Crippen molar-refractivity contribution in [3.8, 4) is 0 Å². The molecule has 1 aromatic carbocycles. The second-order valence-electron chi connectivity index (χ2n) is 4.06. The summed E-state index contributed by atoms with van der Waals surface area (Å²) >= 11 is 1.19. The van der Waals surface area contributed by atoms with Crippen molar-refractivity contribution < 1.29 is 8.81 Å². The average Bonchev–Trinajstić information content (AvgIpc) is 2.76. The Balaban J connectivity index is 2.19. The average molecular weight is 266 g/mol. The minimum Gasteiger partial charge on any atom is -0.439 e. The van der Waals surface area contributed by atoms with Crippen LogP contribution in [0.3, 0.4) is 0 Å². The van der Waals surface area contributed by atoms with Crippen molar-refractivity contribution in [3.63, 3.8) is 0 Å². The van der Waals surface area contributed by atoms with Gasteiger partial charge in [0.2, 0.25) is 0 Å². The fourth-order valence-corrected chi connectivity index (χ4v) is 2.28. The number of hydrogen-bond acceptors (Lipinski definition) is 4. The molecule has 2 rings (SSSR count). The van der Waals surface area contributed by atoms with E-state index in [1.165, 1.54) is 11.8 Å². The molecule has 0 fully saturated rings. The third-order valence-electron chi connectivity index (χ3n) is 2.68. The summed E-state index contributed by atoms with van der Waals surface area (Å²) < 4.78 is 19.1. The number of nitrogens with one attached hydrogen (secondary N) is 1. The molecule has 5 heteroatoms. The van der Waals surface area contributed by atoms with E-state index in [0.717, 1.165) is 11.3 Å². The first-order valence-electron chi connectivity index (χ1n) is 5.67. The normalized spacial score (nSPS) is 12.7. The molecule has 0 spiro atoms. The van der Waals surface area contributed by atoms with Gasteiger partial charge in [-0.25, -0.2) is 9.37 Å². The minimum atomic E-state index is -0.254. The molecular weight excluding hydrogens is 251 g/mol. The lowest BCUT2D eigenvalue weighted by atomic mass is 10.1. The number of rotatable bonds is 4. The maximum atomic E-state index is 13.9. The van der Waals surface area contributed by atoms with Crippen LogP contribution in [0, 0.1) is 12.7 Å². The van der Waals surface area contributed by atoms with Gasteiger partial charge in [-0.15, -0.1) is 0 Å². The standard InChI is InChI=1S/C13H15FN2OS/c1-8-7-17-13(16-8)18-12-5-4-10(6-11(12)14)9(2)15-3/h4-7,9,15H,1-3H3. The Labute approximate surface area is 110 Å². The molecule has 1 unspecified atom stereocenters. The summed E-state index contributed by atoms with van der Waals surface area (Å²) in [4.78, 5) is 4.66. The topological polar surface area (TPSA) is 38.1 Å². The molecule has 0 aliphatic rings. The van der Waals surface area contributed by atoms with Crippen LogP contribution in [0.4, 0.5) is 4.39 Å². The van der Waals surface area contributed by atoms with E-state index in [2.05, 4.69) is 10.3 Å². The fourth-order valence-electron chi connectivity index (χ4n) is 1.51. The Bertz CT molecular complexity index is 542. The molecule has 0 saturated carbocycles. The molecule has 0 amide bonds. The van der Waals surface area contributed by atoms with E-state index >= 15 is 0 Å². The second-order valence-corrected chi connectivity index (χ2v) is 5.05. The van der Waals surface area contributed by atoms with Crippen molar-refractivity contribution in [2.24, 2.45) is 0 Å². The van der Waals surface area contributed by atoms with Gasteiger partial charge in [-0.3, -0.25) is 0 Å². The Morgan fingerprint density at radius 2 is 2.22 bits per heavy atom. The molecule has 0 bridgehead atoms. The van der Waals surface area contributed by atoms with Gasteiger partial charge in [0, 0.05) is 6.04 Å². The smallest absolute Gasteiger partial charge is 0.260 e. The SMILES string of the molecule is CNC(C)c1ccc(Sc2nc(C)co2)c(F)c1. The Morgan fingerprint density at radius 3 is 2.78 bits per heavy atom. The van der Waals surface area contributed by atoms with Crippen LogP contribution < -0.4 is 5.32 Å². The lowest BCUT2D eigenvalue weighted by molar-refractivity contribution is 0.453. The first-order valence-corrected chi connectivity index (χ1v) is 6.48. The fraction of sp³-hybridized carbons (Fsp3) is 0.308. The van der Waals surface area contributed by atoms with Gasteiger partial charge in [-0.05, 0) is 50.4 Å². The molecule has 1 aromatic heterocycles. The van der Waals surface area contributed by atoms with Gasteiger partial charge in [-0.2, -0.15) is 0 Å². The van der Waals surface area contributed by atoms with Crippen molar-refractivity contribution in [2.45, 2.75) is 30.0 Å². The van der Waals surface area contributed by atoms with Gasteiger partial charge in [0.1, 0.15) is 12.1 Å². The first kappa shape index (κ1) is 13.1. The van der Waals surface area contributed by atoms with Crippen LogP contribution in [0.15, 0.2) is 39.0 Å². The van der Waals surface area contributed by atoms with Crippen LogP contribution in [-0.2, 0) is 0 Å². The molecule has 0 aliphatic carbocycles. The van der Waals surface area contributed by atoms with Crippen LogP contribution in [0.1, 0.15) is 24.2 Å². The third-order valence-corrected chi connectivity index (χ3v) is 3.60. The molecule has 3 nitrogen and oxygen atoms in total. The van der Waals surface area contributed by atoms with E-state index < -0.39 is 0 Å². The van der Waals surface area contributed by atoms with Crippen LogP contribution in [0.5, 0.6) is 0 Å². The summed E-state index contributed by atoms with van der Waals surface area (Å²) in [7, 11) is 1.85. The summed E-state index contributed by atoms with van der Waals surface area (Å²) in [6.07, 6.45) is 1.55. The van der Waals surface area contributed by atoms with Gasteiger partial charge in [0.05, 0.1) is 10.6 Å². The largest absolute Gasteiger partial charge is 0.439 e. The molecule has 1 heterocycles. The van der Waals surface area contributed by atoms with E-state index in [1.807, 2.05) is 27.0 Å². The van der Waals surface area contributed by atoms with E-state index in [1.54, 1.807) is 18.4 Å². The number of halogens is 1. The summed E-state index contributed by atoms with van der Waals surface area (Å²) in [5.41, 5.74) is 1.71. The number of aromatic nitrogens is 1. The number of oxazole rings is 1. The minimum absolute atomic E-state index is 0.127. The highest BCUT2D eigenvalue weighted by Crippen LogP contribution is 2.30. The quantitative estimate of drug-likeness (QED) is 0.918. The number of aryl methyl sites for hydroxylation is 1. The zero-order valence-electron chi connectivity index (χ0n) is 10.5. The van der Waals surface area contributed by atoms with Gasteiger partial charge < -0.3 is 9.73 Å². The summed E-state index contributed by atoms with van der Waals surface area (Å²) in [5.74, 6) is -0.254. The molecule has 1 N–H and O–H groups in total. The molecule has 18 heavy (non-hydrogen) atoms. The van der Waals surface area contributed by atoms with E-state index in [4.69, 9.17) is 4.42 Å². The second kappa shape index (κ2) is 5.54. The first-order chi connectivity index (χ1) is 8.60.